The van der Waals surface area contributed by atoms with E-state index in [2.05, 4.69) is 9.46 Å². The monoisotopic (exact) mass is 443 g/mol. The van der Waals surface area contributed by atoms with Crippen LogP contribution in [0.3, 0.4) is 0 Å². The molecule has 0 aromatic heterocycles. The third-order valence-corrected chi connectivity index (χ3v) is 6.04. The molecule has 0 radical (unpaired) electrons. The van der Waals surface area contributed by atoms with Gasteiger partial charge in [-0.1, -0.05) is 49.2 Å². The second-order valence-electron chi connectivity index (χ2n) is 6.79. The summed E-state index contributed by atoms with van der Waals surface area (Å²) in [6.07, 6.45) is -2.00. The van der Waals surface area contributed by atoms with Gasteiger partial charge in [0.15, 0.2) is 0 Å². The summed E-state index contributed by atoms with van der Waals surface area (Å²) in [6, 6.07) is 11.9. The number of unbranched alkanes of at least 4 members (excludes halogenated alkanes) is 2. The topological polar surface area (TPSA) is 72.5 Å². The van der Waals surface area contributed by atoms with Gasteiger partial charge in [-0.15, -0.1) is 0 Å². The van der Waals surface area contributed by atoms with Crippen LogP contribution in [0.2, 0.25) is 0 Å². The maximum absolute atomic E-state index is 13.0. The number of hydrogen-bond donors (Lipinski definition) is 1. The van der Waals surface area contributed by atoms with Gasteiger partial charge in [-0.2, -0.15) is 13.2 Å². The van der Waals surface area contributed by atoms with Gasteiger partial charge in [0.05, 0.1) is 17.6 Å². The van der Waals surface area contributed by atoms with Crippen LogP contribution in [0.1, 0.15) is 49.3 Å². The summed E-state index contributed by atoms with van der Waals surface area (Å²) in [5.41, 5.74) is -0.314. The average molecular weight is 443 g/mol. The molecule has 5 nitrogen and oxygen atoms in total. The zero-order valence-electron chi connectivity index (χ0n) is 16.5. The Morgan fingerprint density at radius 1 is 1.03 bits per heavy atom. The van der Waals surface area contributed by atoms with Crippen molar-refractivity contribution >= 4 is 16.0 Å². The number of benzene rings is 2. The average Bonchev–Trinajstić information content (AvgIpc) is 2.72. The first-order valence-corrected chi connectivity index (χ1v) is 10.9. The number of halogens is 3. The van der Waals surface area contributed by atoms with Gasteiger partial charge in [0.25, 0.3) is 0 Å². The summed E-state index contributed by atoms with van der Waals surface area (Å²) < 4.78 is 71.5. The second kappa shape index (κ2) is 10.6. The molecule has 2 aromatic carbocycles. The minimum Gasteiger partial charge on any atom is -0.469 e. The normalized spacial score (nSPS) is 13.1. The van der Waals surface area contributed by atoms with E-state index in [4.69, 9.17) is 0 Å². The van der Waals surface area contributed by atoms with Gasteiger partial charge < -0.3 is 4.74 Å². The number of carbonyl (C=O) groups excluding carboxylic acids is 1. The second-order valence-corrected chi connectivity index (χ2v) is 8.50. The highest BCUT2D eigenvalue weighted by molar-refractivity contribution is 7.89. The predicted octanol–water partition coefficient (Wildman–Crippen LogP) is 4.85. The Bertz CT molecular complexity index is 931. The van der Waals surface area contributed by atoms with Crippen molar-refractivity contribution in [3.63, 3.8) is 0 Å². The van der Waals surface area contributed by atoms with Crippen molar-refractivity contribution in [3.8, 4) is 0 Å². The molecule has 1 atom stereocenters. The molecule has 0 fully saturated rings. The maximum Gasteiger partial charge on any atom is 0.416 e. The van der Waals surface area contributed by atoms with Crippen molar-refractivity contribution in [2.75, 3.05) is 7.11 Å². The fraction of sp³-hybridized carbons (Fsp3) is 0.381. The number of hydrogen-bond acceptors (Lipinski definition) is 4. The molecule has 2 rings (SSSR count). The Kier molecular flexibility index (Phi) is 8.43. The Balaban J connectivity index is 2.14. The SMILES string of the molecule is COC(=O)CCCCCC(NS(=O)(=O)c1cccc(C(F)(F)F)c1)c1ccccc1. The van der Waals surface area contributed by atoms with Gasteiger partial charge in [0.2, 0.25) is 10.0 Å². The van der Waals surface area contributed by atoms with E-state index in [1.54, 1.807) is 30.3 Å². The summed E-state index contributed by atoms with van der Waals surface area (Å²) in [7, 11) is -2.86. The molecule has 1 N–H and O–H groups in total. The van der Waals surface area contributed by atoms with Gasteiger partial charge in [-0.3, -0.25) is 4.79 Å². The van der Waals surface area contributed by atoms with Gasteiger partial charge in [-0.25, -0.2) is 13.1 Å². The molecule has 30 heavy (non-hydrogen) atoms. The summed E-state index contributed by atoms with van der Waals surface area (Å²) in [5.74, 6) is -0.306. The van der Waals surface area contributed by atoms with Crippen LogP contribution in [0.5, 0.6) is 0 Å². The van der Waals surface area contributed by atoms with Crippen LogP contribution in [-0.4, -0.2) is 21.5 Å². The van der Waals surface area contributed by atoms with Crippen molar-refractivity contribution in [2.45, 2.75) is 49.2 Å². The van der Waals surface area contributed by atoms with Crippen LogP contribution in [0.25, 0.3) is 0 Å². The predicted molar refractivity (Wildman–Crippen MR) is 106 cm³/mol. The van der Waals surface area contributed by atoms with Gasteiger partial charge in [-0.05, 0) is 36.6 Å². The lowest BCUT2D eigenvalue weighted by Gasteiger charge is -2.20. The summed E-state index contributed by atoms with van der Waals surface area (Å²) in [6.45, 7) is 0. The molecule has 2 aromatic rings. The summed E-state index contributed by atoms with van der Waals surface area (Å²) in [4.78, 5) is 10.7. The van der Waals surface area contributed by atoms with Crippen LogP contribution in [-0.2, 0) is 25.7 Å². The number of methoxy groups -OCH3 is 1. The molecule has 0 amide bonds. The lowest BCUT2D eigenvalue weighted by molar-refractivity contribution is -0.140. The van der Waals surface area contributed by atoms with E-state index in [1.165, 1.54) is 7.11 Å². The molecule has 0 aliphatic heterocycles. The molecular weight excluding hydrogens is 419 g/mol. The summed E-state index contributed by atoms with van der Waals surface area (Å²) in [5, 5.41) is 0. The van der Waals surface area contributed by atoms with Gasteiger partial charge in [0, 0.05) is 12.5 Å². The fourth-order valence-electron chi connectivity index (χ4n) is 2.97. The molecule has 0 aliphatic carbocycles. The molecule has 0 heterocycles. The van der Waals surface area contributed by atoms with E-state index >= 15 is 0 Å². The van der Waals surface area contributed by atoms with Crippen LogP contribution in [0, 0.1) is 0 Å². The number of sulfonamides is 1. The molecule has 0 saturated carbocycles. The van der Waals surface area contributed by atoms with E-state index in [9.17, 15) is 26.4 Å². The third-order valence-electron chi connectivity index (χ3n) is 4.57. The first-order chi connectivity index (χ1) is 14.1. The number of carbonyl (C=O) groups is 1. The smallest absolute Gasteiger partial charge is 0.416 e. The largest absolute Gasteiger partial charge is 0.469 e. The third kappa shape index (κ3) is 7.14. The van der Waals surface area contributed by atoms with E-state index in [1.807, 2.05) is 0 Å². The minimum atomic E-state index is -4.63. The molecule has 164 valence electrons. The molecule has 0 saturated heterocycles. The van der Waals surface area contributed by atoms with E-state index < -0.39 is 32.7 Å². The van der Waals surface area contributed by atoms with Crippen LogP contribution in [0.15, 0.2) is 59.5 Å². The molecular formula is C21H24F3NO4S. The lowest BCUT2D eigenvalue weighted by atomic mass is 10.0. The first kappa shape index (κ1) is 23.9. The molecule has 0 spiro atoms. The van der Waals surface area contributed by atoms with Crippen LogP contribution >= 0.6 is 0 Å². The zero-order valence-corrected chi connectivity index (χ0v) is 17.3. The molecule has 0 bridgehead atoms. The maximum atomic E-state index is 13.0. The van der Waals surface area contributed by atoms with Crippen molar-refractivity contribution < 1.29 is 31.1 Å². The Morgan fingerprint density at radius 3 is 2.37 bits per heavy atom. The Hall–Kier alpha value is -2.39. The highest BCUT2D eigenvalue weighted by atomic mass is 32.2. The van der Waals surface area contributed by atoms with E-state index in [-0.39, 0.29) is 12.4 Å². The number of esters is 1. The number of nitrogens with one attached hydrogen (secondary N) is 1. The van der Waals surface area contributed by atoms with E-state index in [0.29, 0.717) is 37.3 Å². The standard InChI is InChI=1S/C21H24F3NO4S/c1-29-20(26)14-7-3-6-13-19(16-9-4-2-5-10-16)25-30(27,28)18-12-8-11-17(15-18)21(22,23)24/h2,4-5,8-12,15,19,25H,3,6-7,13-14H2,1H3. The molecule has 1 unspecified atom stereocenters. The lowest BCUT2D eigenvalue weighted by Crippen LogP contribution is -2.29. The van der Waals surface area contributed by atoms with Crippen LogP contribution < -0.4 is 4.72 Å². The molecule has 0 aliphatic rings. The zero-order chi connectivity index (χ0) is 22.2. The van der Waals surface area contributed by atoms with Crippen molar-refractivity contribution in [1.82, 2.24) is 4.72 Å². The van der Waals surface area contributed by atoms with Gasteiger partial charge in [0.1, 0.15) is 0 Å². The number of rotatable bonds is 10. The Morgan fingerprint density at radius 2 is 1.73 bits per heavy atom. The highest BCUT2D eigenvalue weighted by Gasteiger charge is 2.32. The summed E-state index contributed by atoms with van der Waals surface area (Å²) >= 11 is 0. The molecule has 9 heteroatoms. The fourth-order valence-corrected chi connectivity index (χ4v) is 4.27. The number of alkyl halides is 3. The van der Waals surface area contributed by atoms with Crippen LogP contribution in [0.4, 0.5) is 13.2 Å². The van der Waals surface area contributed by atoms with Gasteiger partial charge >= 0.3 is 12.1 Å². The Labute approximate surface area is 174 Å². The van der Waals surface area contributed by atoms with Crippen molar-refractivity contribution in [3.05, 3.63) is 65.7 Å². The van der Waals surface area contributed by atoms with E-state index in [0.717, 1.165) is 18.2 Å². The highest BCUT2D eigenvalue weighted by Crippen LogP contribution is 2.31. The number of ether oxygens (including phenoxy) is 1. The van der Waals surface area contributed by atoms with Crippen molar-refractivity contribution in [2.24, 2.45) is 0 Å². The quantitative estimate of drug-likeness (QED) is 0.421. The van der Waals surface area contributed by atoms with Crippen molar-refractivity contribution in [1.29, 1.82) is 0 Å². The minimum absolute atomic E-state index is 0.280. The first-order valence-electron chi connectivity index (χ1n) is 9.45.